The summed E-state index contributed by atoms with van der Waals surface area (Å²) in [4.78, 5) is 0. The predicted octanol–water partition coefficient (Wildman–Crippen LogP) is 2.75. The molecular formula is C11H15O2. The standard InChI is InChI=1S/C11H15O2/c1-3-4-7-13-10-6-5-9(2)11(12)8-10/h5-6,8,12H,2-4,7H2,1H3. The highest BCUT2D eigenvalue weighted by molar-refractivity contribution is 5.40. The molecule has 0 spiro atoms. The average molecular weight is 179 g/mol. The Balaban J connectivity index is 2.53. The fourth-order valence-electron chi connectivity index (χ4n) is 0.968. The van der Waals surface area contributed by atoms with Gasteiger partial charge in [-0.15, -0.1) is 0 Å². The Labute approximate surface area is 79.2 Å². The van der Waals surface area contributed by atoms with Gasteiger partial charge >= 0.3 is 0 Å². The molecular weight excluding hydrogens is 164 g/mol. The van der Waals surface area contributed by atoms with E-state index in [4.69, 9.17) is 4.74 Å². The summed E-state index contributed by atoms with van der Waals surface area (Å²) in [5.41, 5.74) is 0.628. The van der Waals surface area contributed by atoms with E-state index in [2.05, 4.69) is 13.8 Å². The lowest BCUT2D eigenvalue weighted by molar-refractivity contribution is 0.307. The highest BCUT2D eigenvalue weighted by atomic mass is 16.5. The van der Waals surface area contributed by atoms with Crippen LogP contribution in [0.4, 0.5) is 0 Å². The predicted molar refractivity (Wildman–Crippen MR) is 53.0 cm³/mol. The van der Waals surface area contributed by atoms with Crippen molar-refractivity contribution in [3.63, 3.8) is 0 Å². The zero-order valence-electron chi connectivity index (χ0n) is 7.92. The molecule has 0 amide bonds. The lowest BCUT2D eigenvalue weighted by Gasteiger charge is -2.06. The SMILES string of the molecule is [CH2]c1ccc(OCCCC)cc1O. The molecule has 1 radical (unpaired) electrons. The summed E-state index contributed by atoms with van der Waals surface area (Å²) < 4.78 is 5.39. The third kappa shape index (κ3) is 2.98. The van der Waals surface area contributed by atoms with E-state index in [1.807, 2.05) is 6.07 Å². The summed E-state index contributed by atoms with van der Waals surface area (Å²) in [6.07, 6.45) is 2.15. The normalized spacial score (nSPS) is 10.0. The largest absolute Gasteiger partial charge is 0.508 e. The average Bonchev–Trinajstić information content (AvgIpc) is 2.12. The molecule has 71 valence electrons. The highest BCUT2D eigenvalue weighted by Crippen LogP contribution is 2.22. The Hall–Kier alpha value is -1.18. The number of hydrogen-bond donors (Lipinski definition) is 1. The van der Waals surface area contributed by atoms with E-state index in [1.54, 1.807) is 12.1 Å². The minimum absolute atomic E-state index is 0.189. The van der Waals surface area contributed by atoms with Gasteiger partial charge in [0.2, 0.25) is 0 Å². The monoisotopic (exact) mass is 179 g/mol. The summed E-state index contributed by atoms with van der Waals surface area (Å²) in [5, 5.41) is 9.31. The Morgan fingerprint density at radius 2 is 2.23 bits per heavy atom. The van der Waals surface area contributed by atoms with Gasteiger partial charge in [-0.2, -0.15) is 0 Å². The lowest BCUT2D eigenvalue weighted by atomic mass is 10.2. The van der Waals surface area contributed by atoms with Gasteiger partial charge < -0.3 is 9.84 Å². The van der Waals surface area contributed by atoms with Gasteiger partial charge in [0, 0.05) is 6.07 Å². The summed E-state index contributed by atoms with van der Waals surface area (Å²) in [5.74, 6) is 0.896. The van der Waals surface area contributed by atoms with Gasteiger partial charge in [0.05, 0.1) is 6.61 Å². The number of ether oxygens (including phenoxy) is 1. The van der Waals surface area contributed by atoms with E-state index in [-0.39, 0.29) is 5.75 Å². The van der Waals surface area contributed by atoms with Crippen LogP contribution < -0.4 is 4.74 Å². The van der Waals surface area contributed by atoms with E-state index in [0.717, 1.165) is 12.8 Å². The third-order valence-electron chi connectivity index (χ3n) is 1.82. The first-order valence-electron chi connectivity index (χ1n) is 4.52. The van der Waals surface area contributed by atoms with Crippen LogP contribution in [0.5, 0.6) is 11.5 Å². The van der Waals surface area contributed by atoms with Crippen molar-refractivity contribution >= 4 is 0 Å². The maximum atomic E-state index is 9.31. The maximum Gasteiger partial charge on any atom is 0.122 e. The smallest absolute Gasteiger partial charge is 0.122 e. The van der Waals surface area contributed by atoms with E-state index in [9.17, 15) is 5.11 Å². The number of phenols is 1. The number of aromatic hydroxyl groups is 1. The van der Waals surface area contributed by atoms with Crippen molar-refractivity contribution in [3.05, 3.63) is 30.7 Å². The van der Waals surface area contributed by atoms with Crippen molar-refractivity contribution in [3.8, 4) is 11.5 Å². The van der Waals surface area contributed by atoms with Crippen LogP contribution in [0.15, 0.2) is 18.2 Å². The lowest BCUT2D eigenvalue weighted by Crippen LogP contribution is -1.96. The van der Waals surface area contributed by atoms with Gasteiger partial charge in [-0.05, 0) is 25.0 Å². The number of benzene rings is 1. The second-order valence-electron chi connectivity index (χ2n) is 2.99. The van der Waals surface area contributed by atoms with Gasteiger partial charge in [0.25, 0.3) is 0 Å². The molecule has 1 aromatic rings. The second-order valence-corrected chi connectivity index (χ2v) is 2.99. The maximum absolute atomic E-state index is 9.31. The van der Waals surface area contributed by atoms with Crippen molar-refractivity contribution in [1.29, 1.82) is 0 Å². The number of rotatable bonds is 4. The first kappa shape index (κ1) is 9.90. The molecule has 1 N–H and O–H groups in total. The van der Waals surface area contributed by atoms with Gasteiger partial charge in [0.1, 0.15) is 11.5 Å². The molecule has 0 aliphatic carbocycles. The van der Waals surface area contributed by atoms with Crippen molar-refractivity contribution < 1.29 is 9.84 Å². The highest BCUT2D eigenvalue weighted by Gasteiger charge is 1.98. The molecule has 0 saturated heterocycles. The molecule has 2 nitrogen and oxygen atoms in total. The molecule has 0 bridgehead atoms. The minimum atomic E-state index is 0.189. The molecule has 13 heavy (non-hydrogen) atoms. The second kappa shape index (κ2) is 4.75. The number of unbranched alkanes of at least 4 members (excludes halogenated alkanes) is 1. The molecule has 0 heterocycles. The Morgan fingerprint density at radius 3 is 2.85 bits per heavy atom. The minimum Gasteiger partial charge on any atom is -0.508 e. The van der Waals surface area contributed by atoms with Crippen LogP contribution in [0.25, 0.3) is 0 Å². The van der Waals surface area contributed by atoms with Crippen molar-refractivity contribution in [2.24, 2.45) is 0 Å². The van der Waals surface area contributed by atoms with Crippen LogP contribution in [0.1, 0.15) is 25.3 Å². The molecule has 2 heteroatoms. The molecule has 1 aromatic carbocycles. The topological polar surface area (TPSA) is 29.5 Å². The first-order chi connectivity index (χ1) is 6.24. The first-order valence-corrected chi connectivity index (χ1v) is 4.52. The fourth-order valence-corrected chi connectivity index (χ4v) is 0.968. The van der Waals surface area contributed by atoms with Gasteiger partial charge in [-0.1, -0.05) is 19.4 Å². The summed E-state index contributed by atoms with van der Waals surface area (Å²) >= 11 is 0. The van der Waals surface area contributed by atoms with E-state index < -0.39 is 0 Å². The zero-order valence-corrected chi connectivity index (χ0v) is 7.92. The van der Waals surface area contributed by atoms with Gasteiger partial charge in [-0.25, -0.2) is 0 Å². The van der Waals surface area contributed by atoms with Crippen molar-refractivity contribution in [2.75, 3.05) is 6.61 Å². The zero-order chi connectivity index (χ0) is 9.68. The molecule has 0 aromatic heterocycles. The number of hydrogen-bond acceptors (Lipinski definition) is 2. The van der Waals surface area contributed by atoms with E-state index >= 15 is 0 Å². The molecule has 0 atom stereocenters. The Kier molecular flexibility index (Phi) is 3.62. The van der Waals surface area contributed by atoms with Crippen LogP contribution in [0.3, 0.4) is 0 Å². The Morgan fingerprint density at radius 1 is 1.46 bits per heavy atom. The van der Waals surface area contributed by atoms with Crippen LogP contribution in [-0.4, -0.2) is 11.7 Å². The van der Waals surface area contributed by atoms with Crippen LogP contribution in [0.2, 0.25) is 0 Å². The molecule has 0 saturated carbocycles. The van der Waals surface area contributed by atoms with E-state index in [1.165, 1.54) is 0 Å². The molecule has 0 fully saturated rings. The molecule has 1 rings (SSSR count). The Bertz CT molecular complexity index is 269. The van der Waals surface area contributed by atoms with Gasteiger partial charge in [-0.3, -0.25) is 0 Å². The van der Waals surface area contributed by atoms with E-state index in [0.29, 0.717) is 17.9 Å². The summed E-state index contributed by atoms with van der Waals surface area (Å²) in [6.45, 7) is 6.46. The molecule has 0 aliphatic rings. The van der Waals surface area contributed by atoms with Gasteiger partial charge in [0.15, 0.2) is 0 Å². The molecule has 0 unspecified atom stereocenters. The van der Waals surface area contributed by atoms with Crippen LogP contribution in [0, 0.1) is 6.92 Å². The quantitative estimate of drug-likeness (QED) is 0.720. The van der Waals surface area contributed by atoms with Crippen molar-refractivity contribution in [1.82, 2.24) is 0 Å². The fraction of sp³-hybridized carbons (Fsp3) is 0.364. The third-order valence-corrected chi connectivity index (χ3v) is 1.82. The summed E-state index contributed by atoms with van der Waals surface area (Å²) in [7, 11) is 0. The van der Waals surface area contributed by atoms with Crippen molar-refractivity contribution in [2.45, 2.75) is 19.8 Å². The van der Waals surface area contributed by atoms with Crippen LogP contribution >= 0.6 is 0 Å². The van der Waals surface area contributed by atoms with Crippen LogP contribution in [-0.2, 0) is 0 Å². The number of phenolic OH excluding ortho intramolecular Hbond substituents is 1. The molecule has 0 aliphatic heterocycles. The summed E-state index contributed by atoms with van der Waals surface area (Å²) in [6, 6.07) is 5.16.